The van der Waals surface area contributed by atoms with Gasteiger partial charge in [-0.05, 0) is 71.1 Å². The summed E-state index contributed by atoms with van der Waals surface area (Å²) in [6.45, 7) is 0. The quantitative estimate of drug-likeness (QED) is 0.143. The van der Waals surface area contributed by atoms with Crippen LogP contribution in [0.4, 0.5) is 0 Å². The molecule has 0 atom stereocenters. The van der Waals surface area contributed by atoms with Crippen LogP contribution in [0, 0.1) is 0 Å². The highest BCUT2D eigenvalue weighted by atomic mass is 15.0. The molecule has 10 rings (SSSR count). The Labute approximate surface area is 289 Å². The van der Waals surface area contributed by atoms with Gasteiger partial charge in [-0.1, -0.05) is 170 Å². The molecule has 0 spiro atoms. The Balaban J connectivity index is 1.32. The standard InChI is InChI=1S/C47H29N3/c1-3-16-31(17-4-1)45-48-46(32-18-5-2-6-19-32)50-47(49-45)44-39-25-13-11-23-37(39)43(38-24-12-14-26-40(38)44)41-29-33-28-27-30-15-7-8-20-34(30)42(33)36-22-10-9-21-35(36)41/h1-29H. The van der Waals surface area contributed by atoms with Gasteiger partial charge in [0.05, 0.1) is 0 Å². The monoisotopic (exact) mass is 635 g/mol. The largest absolute Gasteiger partial charge is 0.208 e. The second kappa shape index (κ2) is 11.5. The zero-order valence-corrected chi connectivity index (χ0v) is 27.1. The molecule has 0 saturated carbocycles. The molecule has 0 saturated heterocycles. The molecule has 0 N–H and O–H groups in total. The summed E-state index contributed by atoms with van der Waals surface area (Å²) in [5.41, 5.74) is 5.34. The van der Waals surface area contributed by atoms with Crippen molar-refractivity contribution in [2.24, 2.45) is 0 Å². The Hall–Kier alpha value is -6.71. The highest BCUT2D eigenvalue weighted by Crippen LogP contribution is 2.47. The van der Waals surface area contributed by atoms with Gasteiger partial charge in [0, 0.05) is 16.7 Å². The maximum atomic E-state index is 5.20. The van der Waals surface area contributed by atoms with Gasteiger partial charge >= 0.3 is 0 Å². The molecule has 232 valence electrons. The number of benzene rings is 9. The zero-order chi connectivity index (χ0) is 33.0. The summed E-state index contributed by atoms with van der Waals surface area (Å²) in [6, 6.07) is 62.2. The minimum Gasteiger partial charge on any atom is -0.208 e. The average molecular weight is 636 g/mol. The lowest BCUT2D eigenvalue weighted by Crippen LogP contribution is -2.01. The molecule has 1 heterocycles. The topological polar surface area (TPSA) is 38.7 Å². The van der Waals surface area contributed by atoms with Crippen LogP contribution in [0.25, 0.3) is 99.2 Å². The van der Waals surface area contributed by atoms with Crippen LogP contribution in [-0.4, -0.2) is 15.0 Å². The van der Waals surface area contributed by atoms with E-state index in [2.05, 4.69) is 140 Å². The molecule has 0 radical (unpaired) electrons. The van der Waals surface area contributed by atoms with E-state index in [9.17, 15) is 0 Å². The van der Waals surface area contributed by atoms with Gasteiger partial charge in [-0.15, -0.1) is 0 Å². The van der Waals surface area contributed by atoms with E-state index in [0.717, 1.165) is 38.2 Å². The van der Waals surface area contributed by atoms with Gasteiger partial charge in [-0.2, -0.15) is 0 Å². The van der Waals surface area contributed by atoms with E-state index in [0.29, 0.717) is 17.5 Å². The van der Waals surface area contributed by atoms with Gasteiger partial charge in [0.25, 0.3) is 0 Å². The normalized spacial score (nSPS) is 11.6. The van der Waals surface area contributed by atoms with Crippen molar-refractivity contribution in [1.29, 1.82) is 0 Å². The lowest BCUT2D eigenvalue weighted by atomic mass is 9.84. The first-order chi connectivity index (χ1) is 24.8. The van der Waals surface area contributed by atoms with Crippen LogP contribution in [0.1, 0.15) is 0 Å². The fourth-order valence-corrected chi connectivity index (χ4v) is 7.67. The molecule has 50 heavy (non-hydrogen) atoms. The molecule has 0 aliphatic heterocycles. The van der Waals surface area contributed by atoms with Crippen molar-refractivity contribution in [1.82, 2.24) is 15.0 Å². The van der Waals surface area contributed by atoms with E-state index in [1.165, 1.54) is 43.4 Å². The Bertz CT molecular complexity index is 2800. The van der Waals surface area contributed by atoms with Gasteiger partial charge in [0.2, 0.25) is 0 Å². The Morgan fingerprint density at radius 1 is 0.280 bits per heavy atom. The highest BCUT2D eigenvalue weighted by molar-refractivity contribution is 6.28. The first kappa shape index (κ1) is 28.3. The predicted molar refractivity (Wildman–Crippen MR) is 209 cm³/mol. The maximum Gasteiger partial charge on any atom is 0.165 e. The smallest absolute Gasteiger partial charge is 0.165 e. The molecule has 0 amide bonds. The summed E-state index contributed by atoms with van der Waals surface area (Å²) in [7, 11) is 0. The van der Waals surface area contributed by atoms with Crippen molar-refractivity contribution in [3.05, 3.63) is 176 Å². The molecule has 0 bridgehead atoms. The maximum absolute atomic E-state index is 5.20. The van der Waals surface area contributed by atoms with Gasteiger partial charge in [0.1, 0.15) is 0 Å². The van der Waals surface area contributed by atoms with Gasteiger partial charge in [0.15, 0.2) is 17.5 Å². The van der Waals surface area contributed by atoms with Gasteiger partial charge < -0.3 is 0 Å². The van der Waals surface area contributed by atoms with E-state index < -0.39 is 0 Å². The Morgan fingerprint density at radius 3 is 1.28 bits per heavy atom. The van der Waals surface area contributed by atoms with Crippen molar-refractivity contribution in [3.8, 4) is 45.3 Å². The number of rotatable bonds is 4. The molecule has 0 unspecified atom stereocenters. The second-order valence-electron chi connectivity index (χ2n) is 12.7. The molecular formula is C47H29N3. The SMILES string of the molecule is c1ccc(-c2nc(-c3ccccc3)nc(-c3c4ccccc4c(-c4cc5ccc6ccccc6c5c5ccccc45)c4ccccc34)n2)cc1. The minimum atomic E-state index is 0.652. The average Bonchev–Trinajstić information content (AvgIpc) is 3.20. The van der Waals surface area contributed by atoms with Crippen molar-refractivity contribution in [2.45, 2.75) is 0 Å². The fraction of sp³-hybridized carbons (Fsp3) is 0. The van der Waals surface area contributed by atoms with Crippen LogP contribution in [0.15, 0.2) is 176 Å². The second-order valence-corrected chi connectivity index (χ2v) is 12.7. The van der Waals surface area contributed by atoms with Crippen LogP contribution < -0.4 is 0 Å². The summed E-state index contributed by atoms with van der Waals surface area (Å²) in [5, 5.41) is 12.1. The molecular weight excluding hydrogens is 607 g/mol. The summed E-state index contributed by atoms with van der Waals surface area (Å²) < 4.78 is 0. The molecule has 3 nitrogen and oxygen atoms in total. The van der Waals surface area contributed by atoms with E-state index in [4.69, 9.17) is 15.0 Å². The number of hydrogen-bond acceptors (Lipinski definition) is 3. The first-order valence-electron chi connectivity index (χ1n) is 17.0. The van der Waals surface area contributed by atoms with Gasteiger partial charge in [-0.25, -0.2) is 15.0 Å². The van der Waals surface area contributed by atoms with E-state index >= 15 is 0 Å². The Kier molecular flexibility index (Phi) is 6.49. The predicted octanol–water partition coefficient (Wildman–Crippen LogP) is 12.3. The van der Waals surface area contributed by atoms with Crippen LogP contribution in [0.5, 0.6) is 0 Å². The third kappa shape index (κ3) is 4.48. The highest BCUT2D eigenvalue weighted by Gasteiger charge is 2.22. The molecule has 0 aliphatic rings. The molecule has 10 aromatic rings. The van der Waals surface area contributed by atoms with Gasteiger partial charge in [-0.3, -0.25) is 0 Å². The number of aromatic nitrogens is 3. The van der Waals surface area contributed by atoms with Crippen molar-refractivity contribution >= 4 is 53.9 Å². The summed E-state index contributed by atoms with van der Waals surface area (Å²) >= 11 is 0. The van der Waals surface area contributed by atoms with Crippen LogP contribution >= 0.6 is 0 Å². The lowest BCUT2D eigenvalue weighted by molar-refractivity contribution is 1.08. The molecule has 0 aliphatic carbocycles. The van der Waals surface area contributed by atoms with Crippen LogP contribution in [0.3, 0.4) is 0 Å². The van der Waals surface area contributed by atoms with Crippen molar-refractivity contribution in [2.75, 3.05) is 0 Å². The summed E-state index contributed by atoms with van der Waals surface area (Å²) in [4.78, 5) is 15.4. The lowest BCUT2D eigenvalue weighted by Gasteiger charge is -2.19. The molecule has 3 heteroatoms. The minimum absolute atomic E-state index is 0.652. The number of fused-ring (bicyclic) bond motifs is 7. The molecule has 1 aromatic heterocycles. The number of nitrogens with zero attached hydrogens (tertiary/aromatic N) is 3. The van der Waals surface area contributed by atoms with E-state index in [1.807, 2.05) is 36.4 Å². The number of hydrogen-bond donors (Lipinski definition) is 0. The molecule has 9 aromatic carbocycles. The third-order valence-electron chi connectivity index (χ3n) is 9.87. The van der Waals surface area contributed by atoms with Crippen LogP contribution in [0.2, 0.25) is 0 Å². The first-order valence-corrected chi connectivity index (χ1v) is 17.0. The van der Waals surface area contributed by atoms with Crippen molar-refractivity contribution in [3.63, 3.8) is 0 Å². The summed E-state index contributed by atoms with van der Waals surface area (Å²) in [6.07, 6.45) is 0. The summed E-state index contributed by atoms with van der Waals surface area (Å²) in [5.74, 6) is 1.96. The van der Waals surface area contributed by atoms with Crippen molar-refractivity contribution < 1.29 is 0 Å². The third-order valence-corrected chi connectivity index (χ3v) is 9.87. The zero-order valence-electron chi connectivity index (χ0n) is 27.1. The van der Waals surface area contributed by atoms with E-state index in [1.54, 1.807) is 0 Å². The van der Waals surface area contributed by atoms with E-state index in [-0.39, 0.29) is 0 Å². The Morgan fingerprint density at radius 2 is 0.700 bits per heavy atom. The molecule has 0 fully saturated rings. The fourth-order valence-electron chi connectivity index (χ4n) is 7.67. The van der Waals surface area contributed by atoms with Crippen LogP contribution in [-0.2, 0) is 0 Å².